The maximum Gasteiger partial charge on any atom is 0.115 e. The molecular formula is C11H20N2O. The molecule has 4 N–H and O–H groups in total. The molecular weight excluding hydrogens is 176 g/mol. The van der Waals surface area contributed by atoms with Crippen molar-refractivity contribution in [2.45, 2.75) is 32.9 Å². The van der Waals surface area contributed by atoms with E-state index >= 15 is 0 Å². The van der Waals surface area contributed by atoms with Crippen molar-refractivity contribution in [3.05, 3.63) is 23.4 Å². The Kier molecular flexibility index (Phi) is 3.02. The van der Waals surface area contributed by atoms with Crippen LogP contribution in [0.3, 0.4) is 0 Å². The largest absolute Gasteiger partial charge is 0.400 e. The number of ether oxygens (including phenoxy) is 1. The molecule has 3 heteroatoms. The second-order valence-electron chi connectivity index (χ2n) is 4.75. The predicted molar refractivity (Wildman–Crippen MR) is 58.6 cm³/mol. The fourth-order valence-corrected chi connectivity index (χ4v) is 1.59. The number of hydrogen-bond acceptors (Lipinski definition) is 3. The van der Waals surface area contributed by atoms with Crippen molar-refractivity contribution in [1.29, 1.82) is 0 Å². The zero-order valence-electron chi connectivity index (χ0n) is 9.37. The molecule has 0 aromatic rings. The van der Waals surface area contributed by atoms with E-state index in [2.05, 4.69) is 20.8 Å². The molecule has 0 aromatic heterocycles. The fourth-order valence-electron chi connectivity index (χ4n) is 1.59. The number of allylic oxidation sites excluding steroid dienone is 2. The molecule has 1 rings (SSSR count). The third kappa shape index (κ3) is 2.16. The molecule has 14 heavy (non-hydrogen) atoms. The van der Waals surface area contributed by atoms with Crippen LogP contribution in [0.5, 0.6) is 0 Å². The SMILES string of the molecule is COC1C(N)=CC(C(C)(C)C)=CC1N. The average Bonchev–Trinajstić information content (AvgIpc) is 2.01. The summed E-state index contributed by atoms with van der Waals surface area (Å²) in [6.45, 7) is 6.42. The molecule has 0 saturated heterocycles. The fraction of sp³-hybridized carbons (Fsp3) is 0.636. The van der Waals surface area contributed by atoms with Crippen LogP contribution in [0.15, 0.2) is 23.4 Å². The van der Waals surface area contributed by atoms with Gasteiger partial charge in [0.2, 0.25) is 0 Å². The summed E-state index contributed by atoms with van der Waals surface area (Å²) in [5.74, 6) is 0. The van der Waals surface area contributed by atoms with Crippen LogP contribution in [0.1, 0.15) is 20.8 Å². The first kappa shape index (κ1) is 11.3. The highest BCUT2D eigenvalue weighted by Gasteiger charge is 2.26. The Morgan fingerprint density at radius 3 is 2.29 bits per heavy atom. The molecule has 0 aliphatic heterocycles. The van der Waals surface area contributed by atoms with E-state index in [0.717, 1.165) is 0 Å². The van der Waals surface area contributed by atoms with Gasteiger partial charge in [-0.25, -0.2) is 0 Å². The molecule has 0 aromatic carbocycles. The van der Waals surface area contributed by atoms with Gasteiger partial charge in [-0.15, -0.1) is 0 Å². The van der Waals surface area contributed by atoms with Gasteiger partial charge in [-0.3, -0.25) is 0 Å². The van der Waals surface area contributed by atoms with E-state index in [4.69, 9.17) is 16.2 Å². The zero-order valence-corrected chi connectivity index (χ0v) is 9.37. The lowest BCUT2D eigenvalue weighted by molar-refractivity contribution is 0.117. The van der Waals surface area contributed by atoms with Crippen molar-refractivity contribution < 1.29 is 4.74 Å². The summed E-state index contributed by atoms with van der Waals surface area (Å²) in [5.41, 5.74) is 13.8. The Hall–Kier alpha value is -0.800. The molecule has 0 saturated carbocycles. The van der Waals surface area contributed by atoms with Crippen molar-refractivity contribution in [3.63, 3.8) is 0 Å². The van der Waals surface area contributed by atoms with E-state index in [9.17, 15) is 0 Å². The van der Waals surface area contributed by atoms with Gasteiger partial charge in [-0.2, -0.15) is 0 Å². The van der Waals surface area contributed by atoms with E-state index in [1.807, 2.05) is 12.2 Å². The van der Waals surface area contributed by atoms with Gasteiger partial charge in [0.15, 0.2) is 0 Å². The maximum absolute atomic E-state index is 5.94. The molecule has 0 bridgehead atoms. The lowest BCUT2D eigenvalue weighted by Gasteiger charge is -2.30. The van der Waals surface area contributed by atoms with Crippen LogP contribution in [0.25, 0.3) is 0 Å². The highest BCUT2D eigenvalue weighted by atomic mass is 16.5. The van der Waals surface area contributed by atoms with E-state index in [-0.39, 0.29) is 17.6 Å². The first-order valence-corrected chi connectivity index (χ1v) is 4.84. The van der Waals surface area contributed by atoms with Crippen molar-refractivity contribution >= 4 is 0 Å². The number of methoxy groups -OCH3 is 1. The Morgan fingerprint density at radius 1 is 1.36 bits per heavy atom. The summed E-state index contributed by atoms with van der Waals surface area (Å²) >= 11 is 0. The lowest BCUT2D eigenvalue weighted by Crippen LogP contribution is -2.41. The van der Waals surface area contributed by atoms with Crippen LogP contribution in [0.4, 0.5) is 0 Å². The number of nitrogens with two attached hydrogens (primary N) is 2. The minimum Gasteiger partial charge on any atom is -0.400 e. The van der Waals surface area contributed by atoms with Gasteiger partial charge < -0.3 is 16.2 Å². The quantitative estimate of drug-likeness (QED) is 0.661. The monoisotopic (exact) mass is 196 g/mol. The van der Waals surface area contributed by atoms with Gasteiger partial charge in [0, 0.05) is 12.8 Å². The predicted octanol–water partition coefficient (Wildman–Crippen LogP) is 1.16. The molecule has 2 atom stereocenters. The summed E-state index contributed by atoms with van der Waals surface area (Å²) in [5, 5.41) is 0. The van der Waals surface area contributed by atoms with Gasteiger partial charge in [0.05, 0.1) is 6.04 Å². The summed E-state index contributed by atoms with van der Waals surface area (Å²) in [6, 6.07) is -0.140. The Balaban J connectivity index is 2.96. The van der Waals surface area contributed by atoms with Crippen LogP contribution in [0, 0.1) is 5.41 Å². The molecule has 0 heterocycles. The normalized spacial score (nSPS) is 28.4. The highest BCUT2D eigenvalue weighted by molar-refractivity contribution is 5.36. The molecule has 0 radical (unpaired) electrons. The molecule has 80 valence electrons. The Morgan fingerprint density at radius 2 is 1.93 bits per heavy atom. The van der Waals surface area contributed by atoms with E-state index in [0.29, 0.717) is 5.70 Å². The standard InChI is InChI=1S/C11H20N2O/c1-11(2,3)7-5-8(12)10(14-4)9(13)6-7/h5-6,8,10H,12-13H2,1-4H3. The maximum atomic E-state index is 5.94. The number of hydrogen-bond donors (Lipinski definition) is 2. The second kappa shape index (κ2) is 3.75. The smallest absolute Gasteiger partial charge is 0.115 e. The molecule has 0 spiro atoms. The van der Waals surface area contributed by atoms with E-state index in [1.165, 1.54) is 5.57 Å². The van der Waals surface area contributed by atoms with Crippen molar-refractivity contribution in [2.24, 2.45) is 16.9 Å². The van der Waals surface area contributed by atoms with Gasteiger partial charge in [-0.1, -0.05) is 26.8 Å². The van der Waals surface area contributed by atoms with Gasteiger partial charge in [0.1, 0.15) is 6.10 Å². The summed E-state index contributed by atoms with van der Waals surface area (Å²) in [4.78, 5) is 0. The van der Waals surface area contributed by atoms with Crippen LogP contribution < -0.4 is 11.5 Å². The van der Waals surface area contributed by atoms with Gasteiger partial charge in [-0.05, 0) is 17.1 Å². The molecule has 0 fully saturated rings. The molecule has 1 aliphatic carbocycles. The average molecular weight is 196 g/mol. The van der Waals surface area contributed by atoms with Crippen LogP contribution in [-0.4, -0.2) is 19.3 Å². The van der Waals surface area contributed by atoms with Gasteiger partial charge in [0.25, 0.3) is 0 Å². The van der Waals surface area contributed by atoms with Crippen molar-refractivity contribution in [3.8, 4) is 0 Å². The summed E-state index contributed by atoms with van der Waals surface area (Å²) in [7, 11) is 1.63. The molecule has 3 nitrogen and oxygen atoms in total. The lowest BCUT2D eigenvalue weighted by atomic mass is 9.81. The second-order valence-corrected chi connectivity index (χ2v) is 4.75. The topological polar surface area (TPSA) is 61.3 Å². The van der Waals surface area contributed by atoms with E-state index < -0.39 is 0 Å². The zero-order chi connectivity index (χ0) is 10.9. The first-order valence-electron chi connectivity index (χ1n) is 4.84. The summed E-state index contributed by atoms with van der Waals surface area (Å²) in [6.07, 6.45) is 3.82. The minimum absolute atomic E-state index is 0.0843. The Labute approximate surface area is 85.8 Å². The van der Waals surface area contributed by atoms with Crippen molar-refractivity contribution in [1.82, 2.24) is 0 Å². The van der Waals surface area contributed by atoms with E-state index in [1.54, 1.807) is 7.11 Å². The third-order valence-corrected chi connectivity index (χ3v) is 2.49. The minimum atomic E-state index is -0.180. The van der Waals surface area contributed by atoms with Crippen molar-refractivity contribution in [2.75, 3.05) is 7.11 Å². The number of rotatable bonds is 1. The highest BCUT2D eigenvalue weighted by Crippen LogP contribution is 2.30. The first-order chi connectivity index (χ1) is 6.36. The summed E-state index contributed by atoms with van der Waals surface area (Å²) < 4.78 is 5.21. The molecule has 0 amide bonds. The molecule has 2 unspecified atom stereocenters. The van der Waals surface area contributed by atoms with Crippen LogP contribution in [-0.2, 0) is 4.74 Å². The van der Waals surface area contributed by atoms with Gasteiger partial charge >= 0.3 is 0 Å². The Bertz CT molecular complexity index is 274. The van der Waals surface area contributed by atoms with Crippen LogP contribution >= 0.6 is 0 Å². The third-order valence-electron chi connectivity index (χ3n) is 2.49. The molecule has 1 aliphatic rings. The van der Waals surface area contributed by atoms with Crippen LogP contribution in [0.2, 0.25) is 0 Å².